The van der Waals surface area contributed by atoms with Crippen LogP contribution in [-0.4, -0.2) is 17.4 Å². The second-order valence-electron chi connectivity index (χ2n) is 5.51. The largest absolute Gasteiger partial charge is 0.385 e. The van der Waals surface area contributed by atoms with Gasteiger partial charge in [0.15, 0.2) is 0 Å². The first kappa shape index (κ1) is 20.0. The van der Waals surface area contributed by atoms with E-state index in [1.807, 2.05) is 6.92 Å². The highest BCUT2D eigenvalue weighted by Gasteiger charge is 2.17. The summed E-state index contributed by atoms with van der Waals surface area (Å²) >= 11 is 0. The van der Waals surface area contributed by atoms with Gasteiger partial charge in [0.05, 0.1) is 21.7 Å². The van der Waals surface area contributed by atoms with Gasteiger partial charge in [-0.25, -0.2) is 0 Å². The zero-order chi connectivity index (χ0) is 20.7. The fourth-order valence-electron chi connectivity index (χ4n) is 2.33. The van der Waals surface area contributed by atoms with Crippen molar-refractivity contribution in [2.75, 3.05) is 17.2 Å². The number of anilines is 2. The molecule has 140 valence electrons. The highest BCUT2D eigenvalue weighted by atomic mass is 16.6. The number of nitriles is 2. The van der Waals surface area contributed by atoms with E-state index in [1.54, 1.807) is 30.3 Å². The molecule has 0 saturated carbocycles. The number of hydrogen-bond donors (Lipinski definition) is 2. The number of hydrogen-bond acceptors (Lipinski definition) is 8. The predicted octanol–water partition coefficient (Wildman–Crippen LogP) is 4.14. The van der Waals surface area contributed by atoms with Crippen LogP contribution in [0.5, 0.6) is 0 Å². The van der Waals surface area contributed by atoms with E-state index in [9.17, 15) is 25.4 Å². The molecule has 2 aromatic rings. The van der Waals surface area contributed by atoms with Crippen LogP contribution in [0.2, 0.25) is 0 Å². The SMILES string of the molecule is CCNc1ccc(N=Nc2c(C#N)cc([N+](=O)[O-])cc2C#N)c(NC(C)=O)c1. The van der Waals surface area contributed by atoms with Crippen molar-refractivity contribution in [2.24, 2.45) is 10.2 Å². The minimum absolute atomic E-state index is 0.0832. The molecular weight excluding hydrogens is 362 g/mol. The Balaban J connectivity index is 2.54. The molecule has 0 aromatic heterocycles. The summed E-state index contributed by atoms with van der Waals surface area (Å²) < 4.78 is 0. The van der Waals surface area contributed by atoms with Crippen molar-refractivity contribution < 1.29 is 9.72 Å². The van der Waals surface area contributed by atoms with Crippen LogP contribution in [-0.2, 0) is 4.79 Å². The zero-order valence-corrected chi connectivity index (χ0v) is 15.1. The summed E-state index contributed by atoms with van der Waals surface area (Å²) in [5.74, 6) is -0.309. The van der Waals surface area contributed by atoms with Crippen LogP contribution in [0.4, 0.5) is 28.4 Å². The number of nitrogens with zero attached hydrogens (tertiary/aromatic N) is 5. The topological polar surface area (TPSA) is 157 Å². The van der Waals surface area contributed by atoms with Gasteiger partial charge in [-0.2, -0.15) is 10.5 Å². The normalized spacial score (nSPS) is 10.1. The van der Waals surface area contributed by atoms with E-state index in [0.717, 1.165) is 17.8 Å². The van der Waals surface area contributed by atoms with Gasteiger partial charge >= 0.3 is 0 Å². The Morgan fingerprint density at radius 1 is 1.18 bits per heavy atom. The number of amides is 1. The molecule has 1 amide bonds. The van der Waals surface area contributed by atoms with E-state index < -0.39 is 4.92 Å². The van der Waals surface area contributed by atoms with Crippen molar-refractivity contribution in [1.29, 1.82) is 10.5 Å². The van der Waals surface area contributed by atoms with Gasteiger partial charge in [-0.3, -0.25) is 14.9 Å². The lowest BCUT2D eigenvalue weighted by Gasteiger charge is -2.09. The van der Waals surface area contributed by atoms with Crippen LogP contribution in [0.3, 0.4) is 0 Å². The van der Waals surface area contributed by atoms with Gasteiger partial charge in [0.2, 0.25) is 5.91 Å². The van der Waals surface area contributed by atoms with Gasteiger partial charge in [-0.05, 0) is 25.1 Å². The van der Waals surface area contributed by atoms with Crippen LogP contribution < -0.4 is 10.6 Å². The lowest BCUT2D eigenvalue weighted by atomic mass is 10.1. The van der Waals surface area contributed by atoms with Crippen molar-refractivity contribution in [3.8, 4) is 12.1 Å². The van der Waals surface area contributed by atoms with Crippen LogP contribution in [0, 0.1) is 32.8 Å². The van der Waals surface area contributed by atoms with Gasteiger partial charge in [-0.15, -0.1) is 10.2 Å². The first-order valence-electron chi connectivity index (χ1n) is 8.09. The molecule has 0 radical (unpaired) electrons. The highest BCUT2D eigenvalue weighted by Crippen LogP contribution is 2.33. The first-order chi connectivity index (χ1) is 13.4. The molecule has 0 spiro atoms. The molecule has 28 heavy (non-hydrogen) atoms. The molecule has 0 unspecified atom stereocenters. The Morgan fingerprint density at radius 2 is 1.82 bits per heavy atom. The van der Waals surface area contributed by atoms with Gasteiger partial charge in [-0.1, -0.05) is 0 Å². The number of nitrogens with one attached hydrogen (secondary N) is 2. The number of non-ortho nitro benzene ring substituents is 1. The summed E-state index contributed by atoms with van der Waals surface area (Å²) in [6, 6.07) is 10.6. The summed E-state index contributed by atoms with van der Waals surface area (Å²) in [5, 5.41) is 43.2. The molecule has 2 N–H and O–H groups in total. The molecular formula is C18H15N7O3. The summed E-state index contributed by atoms with van der Waals surface area (Å²) in [5.41, 5.74) is 0.661. The number of nitro benzene ring substituents is 1. The Labute approximate surface area is 160 Å². The second-order valence-corrected chi connectivity index (χ2v) is 5.51. The van der Waals surface area contributed by atoms with Crippen LogP contribution in [0.1, 0.15) is 25.0 Å². The van der Waals surface area contributed by atoms with E-state index in [1.165, 1.54) is 6.92 Å². The van der Waals surface area contributed by atoms with Gasteiger partial charge in [0.1, 0.15) is 23.5 Å². The maximum absolute atomic E-state index is 11.5. The maximum Gasteiger partial charge on any atom is 0.272 e. The van der Waals surface area contributed by atoms with E-state index >= 15 is 0 Å². The average Bonchev–Trinajstić information content (AvgIpc) is 2.66. The van der Waals surface area contributed by atoms with E-state index in [4.69, 9.17) is 0 Å². The van der Waals surface area contributed by atoms with Crippen molar-refractivity contribution in [3.05, 3.63) is 51.6 Å². The minimum atomic E-state index is -0.697. The molecule has 10 heteroatoms. The van der Waals surface area contributed by atoms with Gasteiger partial charge in [0, 0.05) is 31.3 Å². The molecule has 0 aliphatic carbocycles. The molecule has 0 heterocycles. The number of azo groups is 1. The molecule has 0 aliphatic heterocycles. The third-order valence-electron chi connectivity index (χ3n) is 3.49. The lowest BCUT2D eigenvalue weighted by molar-refractivity contribution is -0.384. The maximum atomic E-state index is 11.5. The van der Waals surface area contributed by atoms with Crippen LogP contribution >= 0.6 is 0 Å². The fraction of sp³-hybridized carbons (Fsp3) is 0.167. The van der Waals surface area contributed by atoms with Crippen LogP contribution in [0.15, 0.2) is 40.6 Å². The summed E-state index contributed by atoms with van der Waals surface area (Å²) in [7, 11) is 0. The first-order valence-corrected chi connectivity index (χ1v) is 8.09. The number of carbonyl (C=O) groups excluding carboxylic acids is 1. The Kier molecular flexibility index (Phi) is 6.34. The van der Waals surface area contributed by atoms with Gasteiger partial charge in [0.25, 0.3) is 5.69 Å². The number of nitro groups is 1. The molecule has 0 bridgehead atoms. The summed E-state index contributed by atoms with van der Waals surface area (Å²) in [6.45, 7) is 3.95. The van der Waals surface area contributed by atoms with E-state index in [-0.39, 0.29) is 28.4 Å². The number of carbonyl (C=O) groups is 1. The second kappa shape index (κ2) is 8.87. The van der Waals surface area contributed by atoms with Crippen molar-refractivity contribution in [2.45, 2.75) is 13.8 Å². The molecule has 0 aliphatic rings. The molecule has 0 fully saturated rings. The molecule has 2 rings (SSSR count). The highest BCUT2D eigenvalue weighted by molar-refractivity contribution is 5.92. The van der Waals surface area contributed by atoms with E-state index in [0.29, 0.717) is 17.9 Å². The third kappa shape index (κ3) is 4.65. The predicted molar refractivity (Wildman–Crippen MR) is 102 cm³/mol. The minimum Gasteiger partial charge on any atom is -0.385 e. The Hall–Kier alpha value is -4.31. The number of benzene rings is 2. The molecule has 2 aromatic carbocycles. The molecule has 10 nitrogen and oxygen atoms in total. The average molecular weight is 377 g/mol. The Bertz CT molecular complexity index is 1010. The molecule has 0 saturated heterocycles. The van der Waals surface area contributed by atoms with Crippen molar-refractivity contribution in [3.63, 3.8) is 0 Å². The zero-order valence-electron chi connectivity index (χ0n) is 15.1. The van der Waals surface area contributed by atoms with Crippen LogP contribution in [0.25, 0.3) is 0 Å². The number of rotatable bonds is 6. The lowest BCUT2D eigenvalue weighted by Crippen LogP contribution is -2.06. The monoisotopic (exact) mass is 377 g/mol. The third-order valence-corrected chi connectivity index (χ3v) is 3.49. The summed E-state index contributed by atoms with van der Waals surface area (Å²) in [6.07, 6.45) is 0. The van der Waals surface area contributed by atoms with E-state index in [2.05, 4.69) is 20.9 Å². The quantitative estimate of drug-likeness (QED) is 0.437. The van der Waals surface area contributed by atoms with Gasteiger partial charge < -0.3 is 10.6 Å². The standard InChI is InChI=1S/C18H15N7O3/c1-3-21-14-4-5-16(17(8-14)22-11(2)26)23-24-18-12(9-19)6-15(25(27)28)7-13(18)10-20/h4-8,21H,3H2,1-2H3,(H,22,26). The summed E-state index contributed by atoms with van der Waals surface area (Å²) in [4.78, 5) is 21.7. The Morgan fingerprint density at radius 3 is 2.32 bits per heavy atom. The van der Waals surface area contributed by atoms with Crippen molar-refractivity contribution >= 4 is 34.3 Å². The van der Waals surface area contributed by atoms with Crippen molar-refractivity contribution in [1.82, 2.24) is 0 Å². The smallest absolute Gasteiger partial charge is 0.272 e. The fourth-order valence-corrected chi connectivity index (χ4v) is 2.33. The molecule has 0 atom stereocenters.